The van der Waals surface area contributed by atoms with Crippen molar-refractivity contribution in [1.29, 1.82) is 0 Å². The summed E-state index contributed by atoms with van der Waals surface area (Å²) >= 11 is 0. The van der Waals surface area contributed by atoms with Crippen molar-refractivity contribution in [2.45, 2.75) is 46.6 Å². The molecule has 1 aromatic heterocycles. The maximum absolute atomic E-state index is 10.7. The average molecular weight is 344 g/mol. The molecule has 2 N–H and O–H groups in total. The third kappa shape index (κ3) is 4.40. The van der Waals surface area contributed by atoms with Crippen molar-refractivity contribution in [3.63, 3.8) is 0 Å². The Labute approximate surface area is 146 Å². The van der Waals surface area contributed by atoms with E-state index in [1.807, 2.05) is 20.8 Å². The molecule has 2 aromatic rings. The van der Waals surface area contributed by atoms with Crippen LogP contribution in [0.3, 0.4) is 0 Å². The van der Waals surface area contributed by atoms with Gasteiger partial charge in [0.15, 0.2) is 5.69 Å². The van der Waals surface area contributed by atoms with Gasteiger partial charge in [-0.05, 0) is 18.1 Å². The van der Waals surface area contributed by atoms with Gasteiger partial charge in [-0.25, -0.2) is 4.68 Å². The minimum atomic E-state index is -0.452. The number of azo groups is 1. The lowest BCUT2D eigenvalue weighted by atomic mass is 9.91. The Morgan fingerprint density at radius 1 is 1.24 bits per heavy atom. The first-order valence-electron chi connectivity index (χ1n) is 8.12. The number of non-ortho nitro benzene ring substituents is 1. The van der Waals surface area contributed by atoms with Crippen LogP contribution in [-0.2, 0) is 12.0 Å². The molecule has 2 rings (SSSR count). The molecule has 0 amide bonds. The molecule has 0 fully saturated rings. The molecule has 0 aliphatic carbocycles. The van der Waals surface area contributed by atoms with Crippen LogP contribution in [0.15, 0.2) is 34.5 Å². The lowest BCUT2D eigenvalue weighted by Gasteiger charge is -2.15. The molecule has 0 unspecified atom stereocenters. The van der Waals surface area contributed by atoms with Crippen LogP contribution < -0.4 is 5.73 Å². The van der Waals surface area contributed by atoms with Crippen LogP contribution in [0.1, 0.15) is 40.3 Å². The second kappa shape index (κ2) is 7.00. The summed E-state index contributed by atoms with van der Waals surface area (Å²) in [6, 6.07) is 5.88. The molecule has 8 heteroatoms. The minimum absolute atomic E-state index is 0.0126. The number of aromatic nitrogens is 2. The van der Waals surface area contributed by atoms with Crippen molar-refractivity contribution in [2.75, 3.05) is 5.73 Å². The molecule has 25 heavy (non-hydrogen) atoms. The van der Waals surface area contributed by atoms with Crippen molar-refractivity contribution in [2.24, 2.45) is 16.1 Å². The van der Waals surface area contributed by atoms with Gasteiger partial charge in [-0.3, -0.25) is 10.1 Å². The third-order valence-corrected chi connectivity index (χ3v) is 3.54. The highest BCUT2D eigenvalue weighted by Crippen LogP contribution is 2.36. The van der Waals surface area contributed by atoms with E-state index in [1.165, 1.54) is 12.1 Å². The molecule has 0 spiro atoms. The Morgan fingerprint density at radius 3 is 2.32 bits per heavy atom. The van der Waals surface area contributed by atoms with E-state index in [-0.39, 0.29) is 11.1 Å². The summed E-state index contributed by atoms with van der Waals surface area (Å²) in [5.41, 5.74) is 7.85. The third-order valence-electron chi connectivity index (χ3n) is 3.54. The van der Waals surface area contributed by atoms with Crippen molar-refractivity contribution in [1.82, 2.24) is 9.78 Å². The van der Waals surface area contributed by atoms with Gasteiger partial charge in [0.25, 0.3) is 5.69 Å². The lowest BCUT2D eigenvalue weighted by Crippen LogP contribution is -2.14. The van der Waals surface area contributed by atoms with E-state index < -0.39 is 4.92 Å². The zero-order chi connectivity index (χ0) is 18.8. The normalized spacial score (nSPS) is 12.2. The van der Waals surface area contributed by atoms with E-state index in [1.54, 1.807) is 16.8 Å². The highest BCUT2D eigenvalue weighted by Gasteiger charge is 2.26. The molecule has 134 valence electrons. The van der Waals surface area contributed by atoms with Crippen molar-refractivity contribution in [3.8, 4) is 0 Å². The molecular formula is C17H24N6O2. The van der Waals surface area contributed by atoms with Crippen LogP contribution in [0.2, 0.25) is 0 Å². The van der Waals surface area contributed by atoms with E-state index in [4.69, 9.17) is 5.73 Å². The zero-order valence-electron chi connectivity index (χ0n) is 15.2. The molecule has 0 aliphatic heterocycles. The fraction of sp³-hybridized carbons (Fsp3) is 0.471. The number of nitrogen functional groups attached to an aromatic ring is 1. The molecule has 8 nitrogen and oxygen atoms in total. The maximum Gasteiger partial charge on any atom is 0.269 e. The second-order valence-electron chi connectivity index (χ2n) is 7.38. The first-order chi connectivity index (χ1) is 11.6. The molecule has 1 heterocycles. The van der Waals surface area contributed by atoms with Gasteiger partial charge in [-0.15, -0.1) is 5.11 Å². The van der Waals surface area contributed by atoms with Gasteiger partial charge >= 0.3 is 0 Å². The van der Waals surface area contributed by atoms with Crippen LogP contribution in [0.5, 0.6) is 0 Å². The van der Waals surface area contributed by atoms with Crippen LogP contribution in [0.25, 0.3) is 0 Å². The number of hydrogen-bond donors (Lipinski definition) is 1. The standard InChI is InChI=1S/C17H24N6O2/c1-11(2)10-22-16(18)14(15(21-22)17(3,4)5)20-19-12-6-8-13(9-7-12)23(24)25/h6-9,11H,10,18H2,1-5H3. The lowest BCUT2D eigenvalue weighted by molar-refractivity contribution is -0.384. The van der Waals surface area contributed by atoms with E-state index in [0.29, 0.717) is 29.7 Å². The van der Waals surface area contributed by atoms with Gasteiger partial charge in [-0.2, -0.15) is 10.2 Å². The van der Waals surface area contributed by atoms with Crippen molar-refractivity contribution >= 4 is 22.9 Å². The van der Waals surface area contributed by atoms with E-state index in [9.17, 15) is 10.1 Å². The quantitative estimate of drug-likeness (QED) is 0.479. The highest BCUT2D eigenvalue weighted by atomic mass is 16.6. The second-order valence-corrected chi connectivity index (χ2v) is 7.38. The molecule has 1 aromatic carbocycles. The highest BCUT2D eigenvalue weighted by molar-refractivity contribution is 5.63. The van der Waals surface area contributed by atoms with E-state index >= 15 is 0 Å². The number of rotatable bonds is 5. The van der Waals surface area contributed by atoms with Crippen LogP contribution in [0.4, 0.5) is 22.9 Å². The smallest absolute Gasteiger partial charge is 0.269 e. The SMILES string of the molecule is CC(C)Cn1nc(C(C)(C)C)c(N=Nc2ccc([N+](=O)[O-])cc2)c1N. The fourth-order valence-electron chi connectivity index (χ4n) is 2.30. The number of nitrogens with zero attached hydrogens (tertiary/aromatic N) is 5. The van der Waals surface area contributed by atoms with Crippen LogP contribution in [0, 0.1) is 16.0 Å². The number of nitrogens with two attached hydrogens (primary N) is 1. The Kier molecular flexibility index (Phi) is 5.20. The Morgan fingerprint density at radius 2 is 1.84 bits per heavy atom. The number of nitro benzene ring substituents is 1. The van der Waals surface area contributed by atoms with Gasteiger partial charge in [0, 0.05) is 24.1 Å². The Hall–Kier alpha value is -2.77. The Bertz CT molecular complexity index is 785. The van der Waals surface area contributed by atoms with E-state index in [2.05, 4.69) is 29.2 Å². The maximum atomic E-state index is 10.7. The summed E-state index contributed by atoms with van der Waals surface area (Å²) in [7, 11) is 0. The monoisotopic (exact) mass is 344 g/mol. The van der Waals surface area contributed by atoms with Crippen LogP contribution in [-0.4, -0.2) is 14.7 Å². The summed E-state index contributed by atoms with van der Waals surface area (Å²) < 4.78 is 1.76. The first kappa shape index (κ1) is 18.6. The summed E-state index contributed by atoms with van der Waals surface area (Å²) in [6.07, 6.45) is 0. The minimum Gasteiger partial charge on any atom is -0.382 e. The van der Waals surface area contributed by atoms with Gasteiger partial charge in [-0.1, -0.05) is 34.6 Å². The van der Waals surface area contributed by atoms with Gasteiger partial charge in [0.2, 0.25) is 0 Å². The van der Waals surface area contributed by atoms with Crippen molar-refractivity contribution in [3.05, 3.63) is 40.1 Å². The number of nitro groups is 1. The van der Waals surface area contributed by atoms with E-state index in [0.717, 1.165) is 5.69 Å². The fourth-order valence-corrected chi connectivity index (χ4v) is 2.30. The Balaban J connectivity index is 2.39. The topological polar surface area (TPSA) is 112 Å². The average Bonchev–Trinajstić information content (AvgIpc) is 2.81. The molecule has 0 saturated heterocycles. The van der Waals surface area contributed by atoms with Crippen molar-refractivity contribution < 1.29 is 4.92 Å². The molecule has 0 atom stereocenters. The van der Waals surface area contributed by atoms with Crippen LogP contribution >= 0.6 is 0 Å². The predicted molar refractivity (Wildman–Crippen MR) is 97.4 cm³/mol. The van der Waals surface area contributed by atoms with Gasteiger partial charge in [0.1, 0.15) is 5.82 Å². The largest absolute Gasteiger partial charge is 0.382 e. The summed E-state index contributed by atoms with van der Waals surface area (Å²) in [6.45, 7) is 11.0. The summed E-state index contributed by atoms with van der Waals surface area (Å²) in [5.74, 6) is 0.874. The molecule has 0 bridgehead atoms. The number of benzene rings is 1. The van der Waals surface area contributed by atoms with Gasteiger partial charge in [0.05, 0.1) is 16.3 Å². The number of anilines is 1. The molecule has 0 radical (unpaired) electrons. The summed E-state index contributed by atoms with van der Waals surface area (Å²) in [5, 5.41) is 23.8. The number of hydrogen-bond acceptors (Lipinski definition) is 6. The molecule has 0 aliphatic rings. The molecular weight excluding hydrogens is 320 g/mol. The van der Waals surface area contributed by atoms with Gasteiger partial charge < -0.3 is 5.73 Å². The predicted octanol–water partition coefficient (Wildman–Crippen LogP) is 4.74. The first-order valence-corrected chi connectivity index (χ1v) is 8.12. The summed E-state index contributed by atoms with van der Waals surface area (Å²) in [4.78, 5) is 10.3. The zero-order valence-corrected chi connectivity index (χ0v) is 15.2. The molecule has 0 saturated carbocycles.